The van der Waals surface area contributed by atoms with Gasteiger partial charge in [0.1, 0.15) is 0 Å². The van der Waals surface area contributed by atoms with Crippen LogP contribution in [0.2, 0.25) is 0 Å². The Hall–Kier alpha value is -0.610. The summed E-state index contributed by atoms with van der Waals surface area (Å²) in [6.07, 6.45) is 3.29. The van der Waals surface area contributed by atoms with Crippen molar-refractivity contribution in [3.8, 4) is 0 Å². The molecule has 1 aliphatic rings. The summed E-state index contributed by atoms with van der Waals surface area (Å²) < 4.78 is 5.31. The number of carbonyl (C=O) groups is 1. The lowest BCUT2D eigenvalue weighted by atomic mass is 9.98. The average Bonchev–Trinajstić information content (AvgIpc) is 2.34. The number of rotatable bonds is 6. The minimum Gasteiger partial charge on any atom is -0.380 e. The average molecular weight is 242 g/mol. The van der Waals surface area contributed by atoms with Gasteiger partial charge in [-0.2, -0.15) is 0 Å². The Balaban J connectivity index is 2.41. The van der Waals surface area contributed by atoms with E-state index in [4.69, 9.17) is 4.74 Å². The number of hydrogen-bond acceptors (Lipinski definition) is 3. The van der Waals surface area contributed by atoms with Crippen LogP contribution in [0.3, 0.4) is 0 Å². The van der Waals surface area contributed by atoms with Crippen LogP contribution in [0.4, 0.5) is 0 Å². The summed E-state index contributed by atoms with van der Waals surface area (Å²) >= 11 is 0. The van der Waals surface area contributed by atoms with E-state index in [-0.39, 0.29) is 11.9 Å². The first kappa shape index (κ1) is 14.5. The molecule has 0 aromatic rings. The third kappa shape index (κ3) is 4.64. The molecule has 1 fully saturated rings. The van der Waals surface area contributed by atoms with Crippen molar-refractivity contribution in [2.75, 3.05) is 26.3 Å². The first-order chi connectivity index (χ1) is 8.19. The maximum atomic E-state index is 12.3. The highest BCUT2D eigenvalue weighted by Gasteiger charge is 2.27. The number of piperidine rings is 1. The van der Waals surface area contributed by atoms with Gasteiger partial charge in [-0.1, -0.05) is 0 Å². The van der Waals surface area contributed by atoms with E-state index >= 15 is 0 Å². The van der Waals surface area contributed by atoms with Crippen LogP contribution < -0.4 is 5.32 Å². The van der Waals surface area contributed by atoms with Crippen molar-refractivity contribution in [1.82, 2.24) is 10.2 Å². The van der Waals surface area contributed by atoms with Crippen molar-refractivity contribution in [3.05, 3.63) is 0 Å². The molecule has 1 heterocycles. The highest BCUT2D eigenvalue weighted by molar-refractivity contribution is 5.82. The Morgan fingerprint density at radius 3 is 2.76 bits per heavy atom. The number of nitrogens with one attached hydrogen (secondary N) is 1. The largest absolute Gasteiger partial charge is 0.380 e. The fourth-order valence-corrected chi connectivity index (χ4v) is 2.30. The van der Waals surface area contributed by atoms with Crippen LogP contribution in [0.5, 0.6) is 0 Å². The Bertz CT molecular complexity index is 233. The molecular weight excluding hydrogens is 216 g/mol. The normalized spacial score (nSPS) is 24.6. The van der Waals surface area contributed by atoms with E-state index in [0.717, 1.165) is 19.4 Å². The molecule has 0 spiro atoms. The summed E-state index contributed by atoms with van der Waals surface area (Å²) in [5, 5.41) is 3.39. The SMILES string of the molecule is CCOCCN(CC)C(=O)C1CCCC(C)N1. The van der Waals surface area contributed by atoms with E-state index in [1.165, 1.54) is 6.42 Å². The van der Waals surface area contributed by atoms with Gasteiger partial charge in [-0.25, -0.2) is 0 Å². The van der Waals surface area contributed by atoms with Crippen molar-refractivity contribution in [3.63, 3.8) is 0 Å². The van der Waals surface area contributed by atoms with Crippen molar-refractivity contribution in [2.45, 2.75) is 52.1 Å². The van der Waals surface area contributed by atoms with Crippen molar-refractivity contribution in [1.29, 1.82) is 0 Å². The van der Waals surface area contributed by atoms with E-state index in [1.54, 1.807) is 0 Å². The second kappa shape index (κ2) is 7.67. The predicted molar refractivity (Wildman–Crippen MR) is 69.0 cm³/mol. The Morgan fingerprint density at radius 1 is 1.41 bits per heavy atom. The molecule has 1 aliphatic heterocycles. The first-order valence-corrected chi connectivity index (χ1v) is 6.81. The third-order valence-electron chi connectivity index (χ3n) is 3.32. The minimum absolute atomic E-state index is 0.0142. The number of carbonyl (C=O) groups excluding carboxylic acids is 1. The van der Waals surface area contributed by atoms with Gasteiger partial charge >= 0.3 is 0 Å². The summed E-state index contributed by atoms with van der Waals surface area (Å²) in [5.74, 6) is 0.235. The number of hydrogen-bond donors (Lipinski definition) is 1. The highest BCUT2D eigenvalue weighted by atomic mass is 16.5. The van der Waals surface area contributed by atoms with Gasteiger partial charge in [0.05, 0.1) is 12.6 Å². The zero-order valence-corrected chi connectivity index (χ0v) is 11.4. The summed E-state index contributed by atoms with van der Waals surface area (Å²) in [6.45, 7) is 8.96. The van der Waals surface area contributed by atoms with Crippen LogP contribution in [0, 0.1) is 0 Å². The molecule has 0 bridgehead atoms. The number of nitrogens with zero attached hydrogens (tertiary/aromatic N) is 1. The van der Waals surface area contributed by atoms with E-state index in [2.05, 4.69) is 12.2 Å². The van der Waals surface area contributed by atoms with Crippen LogP contribution in [-0.4, -0.2) is 49.2 Å². The van der Waals surface area contributed by atoms with E-state index in [0.29, 0.717) is 25.8 Å². The molecule has 17 heavy (non-hydrogen) atoms. The summed E-state index contributed by atoms with van der Waals surface area (Å²) in [4.78, 5) is 14.2. The van der Waals surface area contributed by atoms with Gasteiger partial charge in [-0.3, -0.25) is 4.79 Å². The molecule has 2 atom stereocenters. The molecule has 2 unspecified atom stereocenters. The fourth-order valence-electron chi connectivity index (χ4n) is 2.30. The van der Waals surface area contributed by atoms with Crippen molar-refractivity contribution >= 4 is 5.91 Å². The second-order valence-corrected chi connectivity index (χ2v) is 4.67. The van der Waals surface area contributed by atoms with Gasteiger partial charge in [0.2, 0.25) is 5.91 Å². The summed E-state index contributed by atoms with van der Waals surface area (Å²) in [7, 11) is 0. The number of likely N-dealkylation sites (N-methyl/N-ethyl adjacent to an activating group) is 1. The van der Waals surface area contributed by atoms with Crippen LogP contribution in [0.1, 0.15) is 40.0 Å². The molecule has 1 saturated heterocycles. The van der Waals surface area contributed by atoms with E-state index in [9.17, 15) is 4.79 Å². The van der Waals surface area contributed by atoms with Crippen LogP contribution in [0.15, 0.2) is 0 Å². The van der Waals surface area contributed by atoms with E-state index in [1.807, 2.05) is 18.7 Å². The molecule has 1 rings (SSSR count). The standard InChI is InChI=1S/C13H26N2O2/c1-4-15(9-10-17-5-2)13(16)12-8-6-7-11(3)14-12/h11-12,14H,4-10H2,1-3H3. The van der Waals surface area contributed by atoms with Crippen LogP contribution in [-0.2, 0) is 9.53 Å². The monoisotopic (exact) mass is 242 g/mol. The fraction of sp³-hybridized carbons (Fsp3) is 0.923. The van der Waals surface area contributed by atoms with Gasteiger partial charge in [0.15, 0.2) is 0 Å². The zero-order chi connectivity index (χ0) is 12.7. The topological polar surface area (TPSA) is 41.6 Å². The Labute approximate surface area is 105 Å². The molecule has 1 amide bonds. The lowest BCUT2D eigenvalue weighted by Gasteiger charge is -2.32. The molecule has 0 aliphatic carbocycles. The molecule has 1 N–H and O–H groups in total. The Kier molecular flexibility index (Phi) is 6.52. The quantitative estimate of drug-likeness (QED) is 0.716. The third-order valence-corrected chi connectivity index (χ3v) is 3.32. The zero-order valence-electron chi connectivity index (χ0n) is 11.4. The van der Waals surface area contributed by atoms with Crippen molar-refractivity contribution < 1.29 is 9.53 Å². The molecule has 4 nitrogen and oxygen atoms in total. The van der Waals surface area contributed by atoms with Gasteiger partial charge in [0, 0.05) is 25.7 Å². The lowest BCUT2D eigenvalue weighted by molar-refractivity contribution is -0.134. The smallest absolute Gasteiger partial charge is 0.239 e. The van der Waals surface area contributed by atoms with Gasteiger partial charge in [-0.05, 0) is 40.0 Å². The van der Waals surface area contributed by atoms with Crippen LogP contribution >= 0.6 is 0 Å². The molecule has 4 heteroatoms. The molecule has 100 valence electrons. The first-order valence-electron chi connectivity index (χ1n) is 6.81. The maximum absolute atomic E-state index is 12.3. The Morgan fingerprint density at radius 2 is 2.18 bits per heavy atom. The van der Waals surface area contributed by atoms with Gasteiger partial charge < -0.3 is 15.0 Å². The highest BCUT2D eigenvalue weighted by Crippen LogP contribution is 2.14. The van der Waals surface area contributed by atoms with E-state index < -0.39 is 0 Å². The van der Waals surface area contributed by atoms with Gasteiger partial charge in [-0.15, -0.1) is 0 Å². The molecule has 0 saturated carbocycles. The molecular formula is C13H26N2O2. The number of ether oxygens (including phenoxy) is 1. The maximum Gasteiger partial charge on any atom is 0.239 e. The molecule has 0 aromatic heterocycles. The predicted octanol–water partition coefficient (Wildman–Crippen LogP) is 1.40. The number of amides is 1. The minimum atomic E-state index is 0.0142. The molecule has 0 aromatic carbocycles. The summed E-state index contributed by atoms with van der Waals surface area (Å²) in [6, 6.07) is 0.476. The second-order valence-electron chi connectivity index (χ2n) is 4.67. The van der Waals surface area contributed by atoms with Crippen LogP contribution in [0.25, 0.3) is 0 Å². The van der Waals surface area contributed by atoms with Gasteiger partial charge in [0.25, 0.3) is 0 Å². The molecule has 0 radical (unpaired) electrons. The summed E-state index contributed by atoms with van der Waals surface area (Å²) in [5.41, 5.74) is 0. The van der Waals surface area contributed by atoms with Crippen molar-refractivity contribution in [2.24, 2.45) is 0 Å². The lowest BCUT2D eigenvalue weighted by Crippen LogP contribution is -2.52.